The van der Waals surface area contributed by atoms with Crippen molar-refractivity contribution >= 4 is 16.6 Å². The van der Waals surface area contributed by atoms with Crippen LogP contribution in [0.4, 0.5) is 10.1 Å². The molecule has 1 aromatic heterocycles. The van der Waals surface area contributed by atoms with E-state index >= 15 is 0 Å². The van der Waals surface area contributed by atoms with Crippen molar-refractivity contribution in [3.8, 4) is 5.88 Å². The van der Waals surface area contributed by atoms with E-state index in [-0.39, 0.29) is 24.0 Å². The fourth-order valence-electron chi connectivity index (χ4n) is 2.01. The van der Waals surface area contributed by atoms with Crippen LogP contribution in [-0.4, -0.2) is 14.9 Å². The summed E-state index contributed by atoms with van der Waals surface area (Å²) in [5.41, 5.74) is 0.807. The van der Waals surface area contributed by atoms with E-state index in [0.717, 1.165) is 0 Å². The lowest BCUT2D eigenvalue weighted by Gasteiger charge is -2.08. The zero-order chi connectivity index (χ0) is 15.5. The highest BCUT2D eigenvalue weighted by Crippen LogP contribution is 2.26. The molecule has 0 spiro atoms. The minimum atomic E-state index is -0.507. The van der Waals surface area contributed by atoms with Gasteiger partial charge in [-0.15, -0.1) is 0 Å². The van der Waals surface area contributed by atoms with Gasteiger partial charge < -0.3 is 4.74 Å². The van der Waals surface area contributed by atoms with Gasteiger partial charge in [-0.05, 0) is 12.1 Å². The van der Waals surface area contributed by atoms with Crippen molar-refractivity contribution < 1.29 is 14.1 Å². The lowest BCUT2D eigenvalue weighted by atomic mass is 10.2. The first-order valence-electron chi connectivity index (χ1n) is 6.40. The lowest BCUT2D eigenvalue weighted by molar-refractivity contribution is -0.384. The minimum Gasteiger partial charge on any atom is -0.472 e. The topological polar surface area (TPSA) is 78.2 Å². The molecule has 110 valence electrons. The fourth-order valence-corrected chi connectivity index (χ4v) is 2.01. The van der Waals surface area contributed by atoms with Gasteiger partial charge in [-0.1, -0.05) is 18.2 Å². The molecule has 7 heteroatoms. The van der Waals surface area contributed by atoms with E-state index in [1.165, 1.54) is 30.6 Å². The molecule has 0 radical (unpaired) electrons. The summed E-state index contributed by atoms with van der Waals surface area (Å²) in [4.78, 5) is 18.3. The van der Waals surface area contributed by atoms with Gasteiger partial charge in [-0.2, -0.15) is 0 Å². The van der Waals surface area contributed by atoms with Crippen LogP contribution in [0.15, 0.2) is 48.8 Å². The van der Waals surface area contributed by atoms with Crippen molar-refractivity contribution in [3.63, 3.8) is 0 Å². The number of nitro benzene ring substituents is 1. The summed E-state index contributed by atoms with van der Waals surface area (Å²) in [6.07, 6.45) is 1.30. The van der Waals surface area contributed by atoms with Crippen LogP contribution in [-0.2, 0) is 6.61 Å². The van der Waals surface area contributed by atoms with Gasteiger partial charge in [-0.25, -0.2) is 14.4 Å². The second-order valence-electron chi connectivity index (χ2n) is 4.52. The van der Waals surface area contributed by atoms with Crippen LogP contribution >= 0.6 is 0 Å². The number of benzene rings is 2. The van der Waals surface area contributed by atoms with Crippen LogP contribution < -0.4 is 4.74 Å². The Hall–Kier alpha value is -3.09. The summed E-state index contributed by atoms with van der Waals surface area (Å²) in [5, 5.41) is 11.3. The molecule has 0 atom stereocenters. The van der Waals surface area contributed by atoms with Gasteiger partial charge >= 0.3 is 0 Å². The molecule has 0 bridgehead atoms. The monoisotopic (exact) mass is 299 g/mol. The predicted molar refractivity (Wildman–Crippen MR) is 76.9 cm³/mol. The Kier molecular flexibility index (Phi) is 3.61. The third kappa shape index (κ3) is 2.69. The summed E-state index contributed by atoms with van der Waals surface area (Å²) in [5.74, 6) is -0.205. The Morgan fingerprint density at radius 1 is 1.18 bits per heavy atom. The summed E-state index contributed by atoms with van der Waals surface area (Å²) >= 11 is 0. The van der Waals surface area contributed by atoms with Crippen molar-refractivity contribution in [3.05, 3.63) is 70.3 Å². The van der Waals surface area contributed by atoms with Crippen LogP contribution in [0.1, 0.15) is 5.56 Å². The van der Waals surface area contributed by atoms with E-state index in [2.05, 4.69) is 9.97 Å². The van der Waals surface area contributed by atoms with E-state index < -0.39 is 4.92 Å². The largest absolute Gasteiger partial charge is 0.472 e. The zero-order valence-electron chi connectivity index (χ0n) is 11.3. The molecule has 0 unspecified atom stereocenters. The molecule has 2 aromatic carbocycles. The van der Waals surface area contributed by atoms with Gasteiger partial charge in [0.05, 0.1) is 15.8 Å². The maximum atomic E-state index is 13.6. The smallest absolute Gasteiger partial charge is 0.270 e. The Morgan fingerprint density at radius 2 is 2.00 bits per heavy atom. The first-order chi connectivity index (χ1) is 10.6. The van der Waals surface area contributed by atoms with Crippen molar-refractivity contribution in [2.24, 2.45) is 0 Å². The molecule has 0 amide bonds. The van der Waals surface area contributed by atoms with Gasteiger partial charge in [0.15, 0.2) is 0 Å². The molecule has 0 fully saturated rings. The van der Waals surface area contributed by atoms with Crippen molar-refractivity contribution in [2.45, 2.75) is 6.61 Å². The Morgan fingerprint density at radius 3 is 2.77 bits per heavy atom. The van der Waals surface area contributed by atoms with Crippen LogP contribution in [0.2, 0.25) is 0 Å². The zero-order valence-corrected chi connectivity index (χ0v) is 11.3. The Labute approximate surface area is 124 Å². The second kappa shape index (κ2) is 5.72. The standard InChI is InChI=1S/C15H10FN3O3/c16-13-4-2-1-3-10(13)8-22-15-12-7-11(19(20)21)5-6-14(12)17-9-18-15/h1-7,9H,8H2. The fraction of sp³-hybridized carbons (Fsp3) is 0.0667. The normalized spacial score (nSPS) is 10.6. The van der Waals surface area contributed by atoms with Crippen LogP contribution in [0.3, 0.4) is 0 Å². The molecular weight excluding hydrogens is 289 g/mol. The number of hydrogen-bond acceptors (Lipinski definition) is 5. The third-order valence-electron chi connectivity index (χ3n) is 3.12. The number of nitrogens with zero attached hydrogens (tertiary/aromatic N) is 3. The van der Waals surface area contributed by atoms with Crippen LogP contribution in [0.5, 0.6) is 5.88 Å². The molecule has 3 aromatic rings. The number of non-ortho nitro benzene ring substituents is 1. The summed E-state index contributed by atoms with van der Waals surface area (Å²) in [6.45, 7) is -0.0263. The molecule has 0 N–H and O–H groups in total. The Bertz CT molecular complexity index is 854. The van der Waals surface area contributed by atoms with Gasteiger partial charge in [0.1, 0.15) is 18.8 Å². The summed E-state index contributed by atoms with van der Waals surface area (Å²) in [6, 6.07) is 10.4. The number of ether oxygens (including phenoxy) is 1. The lowest BCUT2D eigenvalue weighted by Crippen LogP contribution is -2.01. The van der Waals surface area contributed by atoms with E-state index in [0.29, 0.717) is 16.5 Å². The van der Waals surface area contributed by atoms with Crippen LogP contribution in [0.25, 0.3) is 10.9 Å². The summed E-state index contributed by atoms with van der Waals surface area (Å²) < 4.78 is 19.1. The number of fused-ring (bicyclic) bond motifs is 1. The number of rotatable bonds is 4. The van der Waals surface area contributed by atoms with Crippen molar-refractivity contribution in [2.75, 3.05) is 0 Å². The average molecular weight is 299 g/mol. The maximum Gasteiger partial charge on any atom is 0.270 e. The molecule has 0 saturated heterocycles. The molecule has 1 heterocycles. The molecule has 0 aliphatic heterocycles. The molecule has 0 aliphatic carbocycles. The predicted octanol–water partition coefficient (Wildman–Crippen LogP) is 3.26. The van der Waals surface area contributed by atoms with Crippen molar-refractivity contribution in [1.29, 1.82) is 0 Å². The van der Waals surface area contributed by atoms with Gasteiger partial charge in [0, 0.05) is 17.7 Å². The number of aromatic nitrogens is 2. The molecular formula is C15H10FN3O3. The molecule has 6 nitrogen and oxygen atoms in total. The van der Waals surface area contributed by atoms with E-state index in [1.54, 1.807) is 18.2 Å². The van der Waals surface area contributed by atoms with Crippen molar-refractivity contribution in [1.82, 2.24) is 9.97 Å². The van der Waals surface area contributed by atoms with Crippen LogP contribution in [0, 0.1) is 15.9 Å². The third-order valence-corrected chi connectivity index (χ3v) is 3.12. The highest BCUT2D eigenvalue weighted by molar-refractivity contribution is 5.85. The van der Waals surface area contributed by atoms with Gasteiger partial charge in [0.25, 0.3) is 5.69 Å². The SMILES string of the molecule is O=[N+]([O-])c1ccc2ncnc(OCc3ccccc3F)c2c1. The molecule has 22 heavy (non-hydrogen) atoms. The van der Waals surface area contributed by atoms with E-state index in [1.807, 2.05) is 0 Å². The Balaban J connectivity index is 1.94. The number of nitro groups is 1. The highest BCUT2D eigenvalue weighted by Gasteiger charge is 2.12. The van der Waals surface area contributed by atoms with E-state index in [4.69, 9.17) is 4.74 Å². The first kappa shape index (κ1) is 13.9. The second-order valence-corrected chi connectivity index (χ2v) is 4.52. The van der Waals surface area contributed by atoms with Gasteiger partial charge in [-0.3, -0.25) is 10.1 Å². The maximum absolute atomic E-state index is 13.6. The molecule has 3 rings (SSSR count). The number of halogens is 1. The minimum absolute atomic E-state index is 0.0263. The first-order valence-corrected chi connectivity index (χ1v) is 6.40. The molecule has 0 saturated carbocycles. The van der Waals surface area contributed by atoms with E-state index in [9.17, 15) is 14.5 Å². The number of hydrogen-bond donors (Lipinski definition) is 0. The highest BCUT2D eigenvalue weighted by atomic mass is 19.1. The molecule has 0 aliphatic rings. The quantitative estimate of drug-likeness (QED) is 0.546. The summed E-state index contributed by atoms with van der Waals surface area (Å²) in [7, 11) is 0. The average Bonchev–Trinajstić information content (AvgIpc) is 2.53. The van der Waals surface area contributed by atoms with Gasteiger partial charge in [0.2, 0.25) is 5.88 Å².